The average Bonchev–Trinajstić information content (AvgIpc) is 2.55. The van der Waals surface area contributed by atoms with Crippen molar-refractivity contribution in [3.8, 4) is 0 Å². The van der Waals surface area contributed by atoms with Crippen molar-refractivity contribution in [3.05, 3.63) is 23.8 Å². The second-order valence-corrected chi connectivity index (χ2v) is 5.08. The average molecular weight is 262 g/mol. The van der Waals surface area contributed by atoms with Gasteiger partial charge in [0.05, 0.1) is 17.8 Å². The molecule has 0 aromatic heterocycles. The molecule has 0 atom stereocenters. The highest BCUT2D eigenvalue weighted by molar-refractivity contribution is 5.74. The van der Waals surface area contributed by atoms with Crippen molar-refractivity contribution in [2.75, 3.05) is 36.5 Å². The zero-order valence-corrected chi connectivity index (χ0v) is 11.7. The smallest absolute Gasteiger partial charge is 0.305 e. The molecule has 0 unspecified atom stereocenters. The minimum absolute atomic E-state index is 0.194. The van der Waals surface area contributed by atoms with Gasteiger partial charge in [0.15, 0.2) is 0 Å². The lowest BCUT2D eigenvalue weighted by Gasteiger charge is -2.26. The van der Waals surface area contributed by atoms with Crippen LogP contribution >= 0.6 is 0 Å². The van der Waals surface area contributed by atoms with E-state index in [9.17, 15) is 4.79 Å². The van der Waals surface area contributed by atoms with Gasteiger partial charge in [-0.05, 0) is 30.5 Å². The summed E-state index contributed by atoms with van der Waals surface area (Å²) < 4.78 is 0. The Morgan fingerprint density at radius 3 is 2.79 bits per heavy atom. The molecule has 1 aromatic rings. The van der Waals surface area contributed by atoms with Crippen molar-refractivity contribution >= 4 is 17.3 Å². The van der Waals surface area contributed by atoms with E-state index in [0.29, 0.717) is 6.54 Å². The molecular formula is C15H22N2O2. The maximum Gasteiger partial charge on any atom is 0.305 e. The molecule has 1 aliphatic heterocycles. The van der Waals surface area contributed by atoms with E-state index < -0.39 is 5.97 Å². The van der Waals surface area contributed by atoms with Crippen LogP contribution in [0.25, 0.3) is 0 Å². The number of carbonyl (C=O) groups is 1. The number of carboxylic acids is 1. The highest BCUT2D eigenvalue weighted by Gasteiger charge is 2.19. The number of aryl methyl sites for hydroxylation is 1. The van der Waals surface area contributed by atoms with Gasteiger partial charge < -0.3 is 14.9 Å². The minimum atomic E-state index is -0.731. The quantitative estimate of drug-likeness (QED) is 0.904. The first-order chi connectivity index (χ1) is 9.11. The van der Waals surface area contributed by atoms with Crippen molar-refractivity contribution in [1.29, 1.82) is 0 Å². The summed E-state index contributed by atoms with van der Waals surface area (Å²) in [6.45, 7) is 4.67. The Kier molecular flexibility index (Phi) is 4.30. The maximum atomic E-state index is 10.8. The maximum absolute atomic E-state index is 10.8. The molecule has 0 radical (unpaired) electrons. The molecule has 4 nitrogen and oxygen atoms in total. The second-order valence-electron chi connectivity index (χ2n) is 5.08. The molecule has 0 spiro atoms. The van der Waals surface area contributed by atoms with Crippen LogP contribution in [0, 0.1) is 0 Å². The molecule has 4 heteroatoms. The fraction of sp³-hybridized carbons (Fsp3) is 0.533. The Hall–Kier alpha value is -1.71. The summed E-state index contributed by atoms with van der Waals surface area (Å²) in [4.78, 5) is 15.3. The predicted molar refractivity (Wildman–Crippen MR) is 78.2 cm³/mol. The van der Waals surface area contributed by atoms with Crippen molar-refractivity contribution in [2.45, 2.75) is 26.2 Å². The first kappa shape index (κ1) is 13.7. The topological polar surface area (TPSA) is 43.8 Å². The van der Waals surface area contributed by atoms with Gasteiger partial charge >= 0.3 is 5.97 Å². The summed E-state index contributed by atoms with van der Waals surface area (Å²) in [5.41, 5.74) is 3.69. The molecule has 1 aliphatic rings. The lowest BCUT2D eigenvalue weighted by molar-refractivity contribution is -0.136. The molecule has 0 amide bonds. The number of hydrogen-bond donors (Lipinski definition) is 1. The summed E-state index contributed by atoms with van der Waals surface area (Å²) in [5.74, 6) is -0.731. The monoisotopic (exact) mass is 262 g/mol. The number of hydrogen-bond acceptors (Lipinski definition) is 3. The lowest BCUT2D eigenvalue weighted by atomic mass is 10.1. The number of rotatable bonds is 4. The van der Waals surface area contributed by atoms with Crippen LogP contribution in [0.15, 0.2) is 18.2 Å². The van der Waals surface area contributed by atoms with E-state index in [-0.39, 0.29) is 6.42 Å². The second kappa shape index (κ2) is 5.95. The third-order valence-corrected chi connectivity index (χ3v) is 3.72. The molecule has 0 fully saturated rings. The fourth-order valence-electron chi connectivity index (χ4n) is 2.57. The molecule has 1 aromatic carbocycles. The number of fused-ring (bicyclic) bond motifs is 1. The van der Waals surface area contributed by atoms with Crippen molar-refractivity contribution in [2.24, 2.45) is 0 Å². The minimum Gasteiger partial charge on any atom is -0.481 e. The van der Waals surface area contributed by atoms with E-state index in [2.05, 4.69) is 42.0 Å². The Bertz CT molecular complexity index is 459. The SMILES string of the molecule is CCc1ccc2c(c1)N(CCC(=O)O)CCCN2C. The van der Waals surface area contributed by atoms with Gasteiger partial charge in [0, 0.05) is 26.7 Å². The highest BCUT2D eigenvalue weighted by Crippen LogP contribution is 2.32. The lowest BCUT2D eigenvalue weighted by Crippen LogP contribution is -2.26. The van der Waals surface area contributed by atoms with Crippen LogP contribution in [0.5, 0.6) is 0 Å². The van der Waals surface area contributed by atoms with Crippen LogP contribution in [0.4, 0.5) is 11.4 Å². The number of nitrogens with zero attached hydrogens (tertiary/aromatic N) is 2. The molecule has 2 rings (SSSR count). The molecule has 1 N–H and O–H groups in total. The Balaban J connectivity index is 2.31. The van der Waals surface area contributed by atoms with Crippen LogP contribution in [0.1, 0.15) is 25.3 Å². The van der Waals surface area contributed by atoms with Gasteiger partial charge in [0.1, 0.15) is 0 Å². The summed E-state index contributed by atoms with van der Waals surface area (Å²) in [6.07, 6.45) is 2.26. The van der Waals surface area contributed by atoms with Gasteiger partial charge in [-0.25, -0.2) is 0 Å². The molecule has 0 saturated heterocycles. The van der Waals surface area contributed by atoms with Crippen LogP contribution in [0.2, 0.25) is 0 Å². The highest BCUT2D eigenvalue weighted by atomic mass is 16.4. The van der Waals surface area contributed by atoms with Gasteiger partial charge in [0.2, 0.25) is 0 Å². The van der Waals surface area contributed by atoms with Gasteiger partial charge in [-0.2, -0.15) is 0 Å². The van der Waals surface area contributed by atoms with E-state index in [0.717, 1.165) is 25.9 Å². The van der Waals surface area contributed by atoms with Crippen LogP contribution in [0.3, 0.4) is 0 Å². The summed E-state index contributed by atoms with van der Waals surface area (Å²) in [6, 6.07) is 6.53. The Morgan fingerprint density at radius 2 is 2.11 bits per heavy atom. The molecular weight excluding hydrogens is 240 g/mol. The predicted octanol–water partition coefficient (Wildman–Crippen LogP) is 2.37. The molecule has 1 heterocycles. The molecule has 19 heavy (non-hydrogen) atoms. The summed E-state index contributed by atoms with van der Waals surface area (Å²) in [5, 5.41) is 8.88. The van der Waals surface area contributed by atoms with E-state index in [1.54, 1.807) is 0 Å². The number of anilines is 2. The molecule has 0 aliphatic carbocycles. The van der Waals surface area contributed by atoms with Crippen molar-refractivity contribution in [3.63, 3.8) is 0 Å². The third kappa shape index (κ3) is 3.19. The fourth-order valence-corrected chi connectivity index (χ4v) is 2.57. The largest absolute Gasteiger partial charge is 0.481 e. The molecule has 0 bridgehead atoms. The van der Waals surface area contributed by atoms with Crippen LogP contribution in [-0.4, -0.2) is 37.8 Å². The summed E-state index contributed by atoms with van der Waals surface area (Å²) in [7, 11) is 2.10. The third-order valence-electron chi connectivity index (χ3n) is 3.72. The number of benzene rings is 1. The Labute approximate surface area is 114 Å². The van der Waals surface area contributed by atoms with Crippen molar-refractivity contribution in [1.82, 2.24) is 0 Å². The van der Waals surface area contributed by atoms with Gasteiger partial charge in [-0.15, -0.1) is 0 Å². The van der Waals surface area contributed by atoms with Crippen LogP contribution in [-0.2, 0) is 11.2 Å². The van der Waals surface area contributed by atoms with E-state index in [1.165, 1.54) is 16.9 Å². The zero-order valence-electron chi connectivity index (χ0n) is 11.7. The first-order valence-corrected chi connectivity index (χ1v) is 6.92. The van der Waals surface area contributed by atoms with E-state index >= 15 is 0 Å². The van der Waals surface area contributed by atoms with Crippen LogP contribution < -0.4 is 9.80 Å². The van der Waals surface area contributed by atoms with Crippen molar-refractivity contribution < 1.29 is 9.90 Å². The number of carboxylic acid groups (broad SMARTS) is 1. The van der Waals surface area contributed by atoms with Gasteiger partial charge in [-0.1, -0.05) is 13.0 Å². The first-order valence-electron chi connectivity index (χ1n) is 6.92. The van der Waals surface area contributed by atoms with Gasteiger partial charge in [-0.3, -0.25) is 4.79 Å². The van der Waals surface area contributed by atoms with E-state index in [1.807, 2.05) is 0 Å². The summed E-state index contributed by atoms with van der Waals surface area (Å²) >= 11 is 0. The standard InChI is InChI=1S/C15H22N2O2/c1-3-12-5-6-13-14(11-12)17(10-7-15(18)19)9-4-8-16(13)2/h5-6,11H,3-4,7-10H2,1-2H3,(H,18,19). The molecule has 0 saturated carbocycles. The Morgan fingerprint density at radius 1 is 1.32 bits per heavy atom. The molecule has 104 valence electrons. The number of aliphatic carboxylic acids is 1. The normalized spacial score (nSPS) is 15.1. The van der Waals surface area contributed by atoms with Gasteiger partial charge in [0.25, 0.3) is 0 Å². The zero-order chi connectivity index (χ0) is 13.8. The van der Waals surface area contributed by atoms with E-state index in [4.69, 9.17) is 5.11 Å².